The molecule has 88 valence electrons. The van der Waals surface area contributed by atoms with Crippen LogP contribution in [0.5, 0.6) is 11.7 Å². The molecule has 6 heteroatoms. The van der Waals surface area contributed by atoms with Crippen molar-refractivity contribution in [1.29, 1.82) is 0 Å². The van der Waals surface area contributed by atoms with Crippen LogP contribution in [0.3, 0.4) is 0 Å². The second-order valence-electron chi connectivity index (χ2n) is 3.25. The number of ether oxygens (including phenoxy) is 1. The second-order valence-corrected chi connectivity index (χ2v) is 3.25. The highest BCUT2D eigenvalue weighted by Crippen LogP contribution is 2.34. The maximum absolute atomic E-state index is 11.0. The van der Waals surface area contributed by atoms with E-state index in [1.54, 1.807) is 12.1 Å². The van der Waals surface area contributed by atoms with Crippen LogP contribution in [-0.2, 0) is 0 Å². The van der Waals surface area contributed by atoms with Gasteiger partial charge in [-0.25, -0.2) is 4.79 Å². The highest BCUT2D eigenvalue weighted by molar-refractivity contribution is 5.95. The van der Waals surface area contributed by atoms with Gasteiger partial charge >= 0.3 is 11.9 Å². The average Bonchev–Trinajstić information content (AvgIpc) is 2.73. The fourth-order valence-corrected chi connectivity index (χ4v) is 1.44. The molecule has 0 radical (unpaired) electrons. The van der Waals surface area contributed by atoms with E-state index in [1.807, 2.05) is 0 Å². The molecule has 17 heavy (non-hydrogen) atoms. The van der Waals surface area contributed by atoms with Crippen molar-refractivity contribution < 1.29 is 24.3 Å². The van der Waals surface area contributed by atoms with E-state index in [0.29, 0.717) is 5.56 Å². The molecular weight excluding hydrogens is 226 g/mol. The number of hydrogen-bond donors (Lipinski definition) is 2. The molecule has 0 fully saturated rings. The third kappa shape index (κ3) is 1.92. The van der Waals surface area contributed by atoms with Crippen LogP contribution in [-0.4, -0.2) is 28.4 Å². The van der Waals surface area contributed by atoms with Crippen molar-refractivity contribution >= 4 is 5.97 Å². The molecule has 0 aliphatic rings. The van der Waals surface area contributed by atoms with Crippen LogP contribution >= 0.6 is 0 Å². The van der Waals surface area contributed by atoms with Crippen molar-refractivity contribution in [2.45, 2.75) is 0 Å². The van der Waals surface area contributed by atoms with E-state index in [-0.39, 0.29) is 23.0 Å². The van der Waals surface area contributed by atoms with Gasteiger partial charge < -0.3 is 19.5 Å². The zero-order chi connectivity index (χ0) is 12.4. The summed E-state index contributed by atoms with van der Waals surface area (Å²) in [6.07, 6.45) is 0. The van der Waals surface area contributed by atoms with Crippen LogP contribution in [0.4, 0.5) is 0 Å². The Kier molecular flexibility index (Phi) is 2.70. The molecule has 0 bridgehead atoms. The quantitative estimate of drug-likeness (QED) is 0.841. The molecule has 0 unspecified atom stereocenters. The lowest BCUT2D eigenvalue weighted by Crippen LogP contribution is -1.99. The fraction of sp³-hybridized carbons (Fsp3) is 0.0909. The average molecular weight is 235 g/mol. The highest BCUT2D eigenvalue weighted by Gasteiger charge is 2.23. The monoisotopic (exact) mass is 235 g/mol. The topological polar surface area (TPSA) is 92.8 Å². The number of methoxy groups -OCH3 is 1. The molecule has 2 aromatic rings. The number of hydrogen-bond acceptors (Lipinski definition) is 5. The van der Waals surface area contributed by atoms with Crippen molar-refractivity contribution in [1.82, 2.24) is 5.16 Å². The summed E-state index contributed by atoms with van der Waals surface area (Å²) in [4.78, 5) is 11.0. The molecule has 0 saturated heterocycles. The number of carboxylic acids is 1. The number of aromatic nitrogens is 1. The molecule has 0 saturated carbocycles. The largest absolute Gasteiger partial charge is 0.508 e. The molecule has 2 N–H and O–H groups in total. The SMILES string of the molecule is COc1onc(C(=O)O)c1-c1ccc(O)cc1. The molecule has 0 aliphatic heterocycles. The highest BCUT2D eigenvalue weighted by atomic mass is 16.6. The summed E-state index contributed by atoms with van der Waals surface area (Å²) in [5.74, 6) is -1.10. The molecule has 0 spiro atoms. The number of benzene rings is 1. The van der Waals surface area contributed by atoms with Crippen molar-refractivity contribution in [3.8, 4) is 22.8 Å². The lowest BCUT2D eigenvalue weighted by atomic mass is 10.1. The fourth-order valence-electron chi connectivity index (χ4n) is 1.44. The summed E-state index contributed by atoms with van der Waals surface area (Å²) in [6, 6.07) is 5.98. The van der Waals surface area contributed by atoms with Gasteiger partial charge in [0.1, 0.15) is 11.3 Å². The zero-order valence-corrected chi connectivity index (χ0v) is 8.88. The second kappa shape index (κ2) is 4.17. The predicted octanol–water partition coefficient (Wildman–Crippen LogP) is 1.75. The standard InChI is InChI=1S/C11H9NO5/c1-16-11-8(9(10(14)15)12-17-11)6-2-4-7(13)5-3-6/h2-5,13H,1H3,(H,14,15). The van der Waals surface area contributed by atoms with Crippen molar-refractivity contribution in [3.63, 3.8) is 0 Å². The summed E-state index contributed by atoms with van der Waals surface area (Å²) < 4.78 is 9.68. The van der Waals surface area contributed by atoms with Gasteiger partial charge in [0.25, 0.3) is 0 Å². The molecule has 1 aromatic carbocycles. The maximum Gasteiger partial charge on any atom is 0.358 e. The summed E-state index contributed by atoms with van der Waals surface area (Å²) in [7, 11) is 1.36. The Morgan fingerprint density at radius 3 is 2.53 bits per heavy atom. The predicted molar refractivity (Wildman–Crippen MR) is 57.1 cm³/mol. The van der Waals surface area contributed by atoms with Gasteiger partial charge in [0, 0.05) is 0 Å². The first-order valence-corrected chi connectivity index (χ1v) is 4.70. The molecule has 1 aromatic heterocycles. The van der Waals surface area contributed by atoms with Gasteiger partial charge in [-0.15, -0.1) is 0 Å². The first kappa shape index (κ1) is 11.0. The zero-order valence-electron chi connectivity index (χ0n) is 8.88. The van der Waals surface area contributed by atoms with Gasteiger partial charge in [-0.05, 0) is 17.7 Å². The lowest BCUT2D eigenvalue weighted by molar-refractivity contribution is 0.0686. The van der Waals surface area contributed by atoms with E-state index in [4.69, 9.17) is 14.4 Å². The minimum Gasteiger partial charge on any atom is -0.508 e. The first-order valence-electron chi connectivity index (χ1n) is 4.70. The van der Waals surface area contributed by atoms with Crippen molar-refractivity contribution in [2.75, 3.05) is 7.11 Å². The summed E-state index contributed by atoms with van der Waals surface area (Å²) in [5, 5.41) is 21.6. The van der Waals surface area contributed by atoms with Crippen LogP contribution < -0.4 is 4.74 Å². The Bertz CT molecular complexity index is 543. The number of carboxylic acid groups (broad SMARTS) is 1. The van der Waals surface area contributed by atoms with Crippen molar-refractivity contribution in [2.24, 2.45) is 0 Å². The van der Waals surface area contributed by atoms with Crippen LogP contribution in [0, 0.1) is 0 Å². The third-order valence-electron chi connectivity index (χ3n) is 2.20. The van der Waals surface area contributed by atoms with Gasteiger partial charge in [-0.3, -0.25) is 0 Å². The number of phenolic OH excluding ortho intramolecular Hbond substituents is 1. The minimum absolute atomic E-state index is 0.0214. The molecule has 6 nitrogen and oxygen atoms in total. The van der Waals surface area contributed by atoms with Crippen LogP contribution in [0.1, 0.15) is 10.5 Å². The number of nitrogens with zero attached hydrogens (tertiary/aromatic N) is 1. The van der Waals surface area contributed by atoms with Gasteiger partial charge in [-0.1, -0.05) is 17.3 Å². The van der Waals surface area contributed by atoms with Crippen molar-refractivity contribution in [3.05, 3.63) is 30.0 Å². The van der Waals surface area contributed by atoms with E-state index < -0.39 is 5.97 Å². The van der Waals surface area contributed by atoms with Gasteiger partial charge in [-0.2, -0.15) is 0 Å². The van der Waals surface area contributed by atoms with E-state index in [0.717, 1.165) is 0 Å². The number of aromatic carboxylic acids is 1. The smallest absolute Gasteiger partial charge is 0.358 e. The molecule has 0 atom stereocenters. The maximum atomic E-state index is 11.0. The number of rotatable bonds is 3. The Hall–Kier alpha value is -2.50. The third-order valence-corrected chi connectivity index (χ3v) is 2.20. The van der Waals surface area contributed by atoms with E-state index in [9.17, 15) is 9.90 Å². The van der Waals surface area contributed by atoms with Gasteiger partial charge in [0.15, 0.2) is 0 Å². The molecule has 0 aliphatic carbocycles. The van der Waals surface area contributed by atoms with E-state index in [2.05, 4.69) is 5.16 Å². The number of aromatic hydroxyl groups is 1. The summed E-state index contributed by atoms with van der Waals surface area (Å²) in [6.45, 7) is 0. The van der Waals surface area contributed by atoms with Crippen LogP contribution in [0.25, 0.3) is 11.1 Å². The van der Waals surface area contributed by atoms with Crippen LogP contribution in [0.2, 0.25) is 0 Å². The molecular formula is C11H9NO5. The number of phenols is 1. The van der Waals surface area contributed by atoms with E-state index >= 15 is 0 Å². The first-order chi connectivity index (χ1) is 8.13. The van der Waals surface area contributed by atoms with Gasteiger partial charge in [0.2, 0.25) is 5.69 Å². The van der Waals surface area contributed by atoms with Gasteiger partial charge in [0.05, 0.1) is 7.11 Å². The Balaban J connectivity index is 2.59. The Labute approximate surface area is 96.0 Å². The Morgan fingerprint density at radius 1 is 1.35 bits per heavy atom. The normalized spacial score (nSPS) is 10.2. The molecule has 0 amide bonds. The Morgan fingerprint density at radius 2 is 2.00 bits per heavy atom. The number of carbonyl (C=O) groups is 1. The molecule has 2 rings (SSSR count). The van der Waals surface area contributed by atoms with Crippen LogP contribution in [0.15, 0.2) is 28.8 Å². The summed E-state index contributed by atoms with van der Waals surface area (Å²) >= 11 is 0. The minimum atomic E-state index is -1.21. The summed E-state index contributed by atoms with van der Waals surface area (Å²) in [5.41, 5.74) is 0.561. The lowest BCUT2D eigenvalue weighted by Gasteiger charge is -2.01. The molecule has 1 heterocycles. The van der Waals surface area contributed by atoms with E-state index in [1.165, 1.54) is 19.2 Å².